The van der Waals surface area contributed by atoms with Crippen molar-refractivity contribution >= 4 is 33.5 Å². The molecule has 0 spiro atoms. The van der Waals surface area contributed by atoms with Gasteiger partial charge in [-0.15, -0.1) is 0 Å². The smallest absolute Gasteiger partial charge is 0.237 e. The Hall–Kier alpha value is -3.21. The predicted molar refractivity (Wildman–Crippen MR) is 97.3 cm³/mol. The van der Waals surface area contributed by atoms with Crippen LogP contribution < -0.4 is 10.2 Å². The minimum Gasteiger partial charge on any atom is -0.368 e. The molecule has 1 aliphatic rings. The van der Waals surface area contributed by atoms with Crippen LogP contribution in [0.25, 0.3) is 21.9 Å². The number of rotatable bonds is 3. The predicted octanol–water partition coefficient (Wildman–Crippen LogP) is 1.75. The van der Waals surface area contributed by atoms with Gasteiger partial charge in [-0.05, 0) is 25.8 Å². The summed E-state index contributed by atoms with van der Waals surface area (Å²) in [6, 6.07) is 3.96. The first kappa shape index (κ1) is 16.3. The fraction of sp³-hybridized carbons (Fsp3) is 0.389. The summed E-state index contributed by atoms with van der Waals surface area (Å²) in [7, 11) is 0. The molecule has 26 heavy (non-hydrogen) atoms. The fourth-order valence-corrected chi connectivity index (χ4v) is 3.49. The van der Waals surface area contributed by atoms with Crippen LogP contribution in [0.5, 0.6) is 0 Å². The Bertz CT molecular complexity index is 1010. The van der Waals surface area contributed by atoms with E-state index in [1.165, 1.54) is 0 Å². The number of aromatic amines is 1. The molecule has 1 amide bonds. The van der Waals surface area contributed by atoms with Crippen molar-refractivity contribution in [3.63, 3.8) is 0 Å². The highest BCUT2D eigenvalue weighted by Crippen LogP contribution is 2.31. The van der Waals surface area contributed by atoms with Crippen molar-refractivity contribution in [3.8, 4) is 6.07 Å². The van der Waals surface area contributed by atoms with Gasteiger partial charge in [-0.3, -0.25) is 9.89 Å². The maximum atomic E-state index is 12.1. The molecule has 1 aliphatic heterocycles. The van der Waals surface area contributed by atoms with Gasteiger partial charge in [-0.1, -0.05) is 0 Å². The third-order valence-corrected chi connectivity index (χ3v) is 4.86. The number of pyridine rings is 1. The quantitative estimate of drug-likeness (QED) is 0.745. The number of piperidine rings is 1. The number of amides is 1. The Morgan fingerprint density at radius 2 is 2.35 bits per heavy atom. The molecule has 1 fully saturated rings. The molecule has 0 aromatic carbocycles. The molecule has 0 saturated carbocycles. The van der Waals surface area contributed by atoms with Crippen LogP contribution in [0.3, 0.4) is 0 Å². The standard InChI is InChI=1S/C18H19N7O/c1-11(7-19)18(26)23-12-3-2-6-25(10-12)15-9-22-24-14-8-21-17-13(16(14)15)4-5-20-17/h4-5,8-9,11-12,24H,2-3,6,10H2,1H3,(H,23,26). The average molecular weight is 349 g/mol. The number of hydrogen-bond donors (Lipinski definition) is 2. The van der Waals surface area contributed by atoms with E-state index in [1.807, 2.05) is 18.3 Å². The van der Waals surface area contributed by atoms with Gasteiger partial charge in [0.05, 0.1) is 29.7 Å². The topological polar surface area (TPSA) is 111 Å². The minimum atomic E-state index is -0.639. The number of nitrogens with one attached hydrogen (secondary N) is 2. The van der Waals surface area contributed by atoms with Crippen LogP contribution in [-0.4, -0.2) is 45.2 Å². The van der Waals surface area contributed by atoms with Crippen LogP contribution in [0.2, 0.25) is 0 Å². The van der Waals surface area contributed by atoms with E-state index in [-0.39, 0.29) is 11.9 Å². The molecule has 8 nitrogen and oxygen atoms in total. The van der Waals surface area contributed by atoms with E-state index in [4.69, 9.17) is 5.26 Å². The molecule has 3 aromatic heterocycles. The number of H-pyrrole nitrogens is 1. The summed E-state index contributed by atoms with van der Waals surface area (Å²) in [5.74, 6) is -0.851. The highest BCUT2D eigenvalue weighted by Gasteiger charge is 2.25. The van der Waals surface area contributed by atoms with Crippen LogP contribution in [0, 0.1) is 17.2 Å². The molecule has 0 radical (unpaired) electrons. The molecule has 2 unspecified atom stereocenters. The Morgan fingerprint density at radius 3 is 3.19 bits per heavy atom. The van der Waals surface area contributed by atoms with Gasteiger partial charge in [0.25, 0.3) is 0 Å². The molecule has 132 valence electrons. The Balaban J connectivity index is 1.66. The molecule has 3 aromatic rings. The lowest BCUT2D eigenvalue weighted by atomic mass is 10.0. The number of anilines is 1. The van der Waals surface area contributed by atoms with Gasteiger partial charge < -0.3 is 10.2 Å². The van der Waals surface area contributed by atoms with Crippen molar-refractivity contribution in [3.05, 3.63) is 24.7 Å². The molecular formula is C18H19N7O. The second kappa shape index (κ2) is 6.59. The van der Waals surface area contributed by atoms with Crippen molar-refractivity contribution in [2.24, 2.45) is 5.92 Å². The van der Waals surface area contributed by atoms with Crippen LogP contribution in [-0.2, 0) is 4.79 Å². The maximum Gasteiger partial charge on any atom is 0.237 e. The van der Waals surface area contributed by atoms with Gasteiger partial charge in [0.15, 0.2) is 5.65 Å². The second-order valence-corrected chi connectivity index (χ2v) is 6.63. The van der Waals surface area contributed by atoms with Gasteiger partial charge in [0, 0.05) is 36.1 Å². The summed E-state index contributed by atoms with van der Waals surface area (Å²) < 4.78 is 0. The normalized spacial score (nSPS) is 18.6. The molecule has 2 atom stereocenters. The maximum absolute atomic E-state index is 12.1. The van der Waals surface area contributed by atoms with Crippen molar-refractivity contribution in [2.75, 3.05) is 18.0 Å². The number of fused-ring (bicyclic) bond motifs is 3. The molecule has 1 saturated heterocycles. The van der Waals surface area contributed by atoms with E-state index in [1.54, 1.807) is 19.3 Å². The Morgan fingerprint density at radius 1 is 1.46 bits per heavy atom. The zero-order valence-electron chi connectivity index (χ0n) is 14.4. The van der Waals surface area contributed by atoms with E-state index in [0.29, 0.717) is 12.2 Å². The third kappa shape index (κ3) is 2.81. The van der Waals surface area contributed by atoms with Crippen LogP contribution >= 0.6 is 0 Å². The first-order valence-electron chi connectivity index (χ1n) is 8.69. The second-order valence-electron chi connectivity index (χ2n) is 6.63. The molecule has 2 N–H and O–H groups in total. The van der Waals surface area contributed by atoms with Gasteiger partial charge >= 0.3 is 0 Å². The summed E-state index contributed by atoms with van der Waals surface area (Å²) in [6.07, 6.45) is 7.18. The number of carbonyl (C=O) groups excluding carboxylic acids is 1. The summed E-state index contributed by atoms with van der Waals surface area (Å²) in [5.41, 5.74) is 2.57. The molecular weight excluding hydrogens is 330 g/mol. The lowest BCUT2D eigenvalue weighted by Crippen LogP contribution is -2.49. The van der Waals surface area contributed by atoms with Gasteiger partial charge in [-0.25, -0.2) is 9.97 Å². The SMILES string of the molecule is CC(C#N)C(=O)NC1CCCN(c2cn[nH]c3cnc4nccc4c23)C1. The molecule has 4 rings (SSSR count). The van der Waals surface area contributed by atoms with Crippen molar-refractivity contribution in [2.45, 2.75) is 25.8 Å². The number of nitrogens with zero attached hydrogens (tertiary/aromatic N) is 5. The third-order valence-electron chi connectivity index (χ3n) is 4.86. The van der Waals surface area contributed by atoms with E-state index < -0.39 is 5.92 Å². The molecule has 4 heterocycles. The summed E-state index contributed by atoms with van der Waals surface area (Å²) in [5, 5.41) is 21.2. The summed E-state index contributed by atoms with van der Waals surface area (Å²) in [6.45, 7) is 3.19. The lowest BCUT2D eigenvalue weighted by molar-refractivity contribution is -0.123. The van der Waals surface area contributed by atoms with Gasteiger partial charge in [0.2, 0.25) is 5.91 Å². The van der Waals surface area contributed by atoms with Gasteiger partial charge in [-0.2, -0.15) is 10.4 Å². The first-order valence-corrected chi connectivity index (χ1v) is 8.69. The van der Waals surface area contributed by atoms with Gasteiger partial charge in [0.1, 0.15) is 5.92 Å². The Labute approximate surface area is 150 Å². The lowest BCUT2D eigenvalue weighted by Gasteiger charge is -2.35. The molecule has 0 bridgehead atoms. The number of aromatic nitrogens is 4. The average Bonchev–Trinajstić information content (AvgIpc) is 3.16. The molecule has 0 aliphatic carbocycles. The van der Waals surface area contributed by atoms with Crippen LogP contribution in [0.1, 0.15) is 19.8 Å². The highest BCUT2D eigenvalue weighted by atomic mass is 16.1. The van der Waals surface area contributed by atoms with Crippen molar-refractivity contribution in [1.29, 1.82) is 5.26 Å². The van der Waals surface area contributed by atoms with Crippen LogP contribution in [0.4, 0.5) is 5.69 Å². The van der Waals surface area contributed by atoms with E-state index >= 15 is 0 Å². The zero-order chi connectivity index (χ0) is 18.1. The zero-order valence-corrected chi connectivity index (χ0v) is 14.4. The van der Waals surface area contributed by atoms with Crippen LogP contribution in [0.15, 0.2) is 24.7 Å². The van der Waals surface area contributed by atoms with E-state index in [0.717, 1.165) is 41.4 Å². The summed E-state index contributed by atoms with van der Waals surface area (Å²) >= 11 is 0. The van der Waals surface area contributed by atoms with E-state index in [9.17, 15) is 4.79 Å². The highest BCUT2D eigenvalue weighted by molar-refractivity contribution is 6.09. The minimum absolute atomic E-state index is 0.0152. The molecule has 8 heteroatoms. The fourth-order valence-electron chi connectivity index (χ4n) is 3.49. The largest absolute Gasteiger partial charge is 0.368 e. The summed E-state index contributed by atoms with van der Waals surface area (Å²) in [4.78, 5) is 22.9. The number of hydrogen-bond acceptors (Lipinski definition) is 6. The van der Waals surface area contributed by atoms with Crippen molar-refractivity contribution < 1.29 is 4.79 Å². The Kier molecular flexibility index (Phi) is 4.13. The monoisotopic (exact) mass is 349 g/mol. The number of nitriles is 1. The van der Waals surface area contributed by atoms with E-state index in [2.05, 4.69) is 30.4 Å². The van der Waals surface area contributed by atoms with Crippen molar-refractivity contribution in [1.82, 2.24) is 25.5 Å². The first-order chi connectivity index (χ1) is 12.7. The number of carbonyl (C=O) groups is 1.